The topological polar surface area (TPSA) is 24.5 Å². The molecule has 0 atom stereocenters. The van der Waals surface area contributed by atoms with E-state index >= 15 is 0 Å². The van der Waals surface area contributed by atoms with E-state index in [1.165, 1.54) is 11.1 Å². The third-order valence-corrected chi connectivity index (χ3v) is 2.67. The minimum atomic E-state index is 0. The second-order valence-corrected chi connectivity index (χ2v) is 4.15. The summed E-state index contributed by atoms with van der Waals surface area (Å²) in [6.45, 7) is 5.08. The summed E-state index contributed by atoms with van der Waals surface area (Å²) in [7, 11) is 5.82. The van der Waals surface area contributed by atoms with Crippen LogP contribution in [-0.4, -0.2) is 39.2 Å². The van der Waals surface area contributed by atoms with E-state index in [9.17, 15) is 0 Å². The van der Waals surface area contributed by atoms with Crippen LogP contribution < -0.4 is 10.1 Å². The van der Waals surface area contributed by atoms with Gasteiger partial charge in [-0.05, 0) is 38.2 Å². The van der Waals surface area contributed by atoms with Gasteiger partial charge in [-0.15, -0.1) is 12.4 Å². The predicted molar refractivity (Wildman–Crippen MR) is 75.2 cm³/mol. The molecule has 98 valence electrons. The van der Waals surface area contributed by atoms with Crippen molar-refractivity contribution in [3.8, 4) is 5.75 Å². The van der Waals surface area contributed by atoms with E-state index < -0.39 is 0 Å². The third kappa shape index (κ3) is 5.39. The van der Waals surface area contributed by atoms with E-state index in [1.807, 2.05) is 7.05 Å². The van der Waals surface area contributed by atoms with Crippen LogP contribution in [0.1, 0.15) is 11.1 Å². The zero-order chi connectivity index (χ0) is 12.0. The molecule has 0 aliphatic carbocycles. The van der Waals surface area contributed by atoms with E-state index in [0.717, 1.165) is 25.4 Å². The van der Waals surface area contributed by atoms with Crippen molar-refractivity contribution < 1.29 is 4.74 Å². The molecule has 0 radical (unpaired) electrons. The molecule has 1 aromatic carbocycles. The first kappa shape index (κ1) is 16.2. The molecule has 1 rings (SSSR count). The molecule has 0 unspecified atom stereocenters. The molecule has 0 saturated heterocycles. The number of likely N-dealkylation sites (N-methyl/N-ethyl adjacent to an activating group) is 2. The largest absolute Gasteiger partial charge is 0.496 e. The standard InChI is InChI=1S/C13H22N2O.ClH/c1-11-5-6-12(9-13(11)16-4)10-15(3)8-7-14-2;/h5-6,9,14H,7-8,10H2,1-4H3;1H. The van der Waals surface area contributed by atoms with Crippen LogP contribution in [0.3, 0.4) is 0 Å². The number of hydrogen-bond acceptors (Lipinski definition) is 3. The van der Waals surface area contributed by atoms with Crippen LogP contribution in [0.5, 0.6) is 5.75 Å². The molecular formula is C13H23ClN2O. The molecule has 17 heavy (non-hydrogen) atoms. The maximum absolute atomic E-state index is 5.32. The van der Waals surface area contributed by atoms with Gasteiger partial charge in [-0.1, -0.05) is 12.1 Å². The van der Waals surface area contributed by atoms with Crippen molar-refractivity contribution in [3.63, 3.8) is 0 Å². The molecule has 0 aliphatic heterocycles. The molecule has 0 spiro atoms. The number of nitrogens with one attached hydrogen (secondary N) is 1. The first-order valence-corrected chi connectivity index (χ1v) is 5.64. The van der Waals surface area contributed by atoms with E-state index in [2.05, 4.69) is 42.4 Å². The molecule has 0 bridgehead atoms. The fourth-order valence-electron chi connectivity index (χ4n) is 1.66. The van der Waals surface area contributed by atoms with Crippen LogP contribution in [0.4, 0.5) is 0 Å². The number of rotatable bonds is 6. The normalized spacial score (nSPS) is 10.2. The van der Waals surface area contributed by atoms with Gasteiger partial charge < -0.3 is 15.0 Å². The quantitative estimate of drug-likeness (QED) is 0.846. The first-order chi connectivity index (χ1) is 7.67. The summed E-state index contributed by atoms with van der Waals surface area (Å²) in [5.74, 6) is 0.972. The fourth-order valence-corrected chi connectivity index (χ4v) is 1.66. The van der Waals surface area contributed by atoms with Crippen LogP contribution in [0, 0.1) is 6.92 Å². The van der Waals surface area contributed by atoms with Gasteiger partial charge in [0.15, 0.2) is 0 Å². The summed E-state index contributed by atoms with van der Waals surface area (Å²) in [4.78, 5) is 2.29. The number of halogens is 1. The average Bonchev–Trinajstić information content (AvgIpc) is 2.29. The third-order valence-electron chi connectivity index (χ3n) is 2.67. The molecule has 1 N–H and O–H groups in total. The summed E-state index contributed by atoms with van der Waals surface area (Å²) in [6.07, 6.45) is 0. The van der Waals surface area contributed by atoms with Gasteiger partial charge >= 0.3 is 0 Å². The van der Waals surface area contributed by atoms with Gasteiger partial charge in [0.2, 0.25) is 0 Å². The van der Waals surface area contributed by atoms with Crippen molar-refractivity contribution in [3.05, 3.63) is 29.3 Å². The minimum absolute atomic E-state index is 0. The van der Waals surface area contributed by atoms with Gasteiger partial charge in [0.1, 0.15) is 5.75 Å². The highest BCUT2D eigenvalue weighted by atomic mass is 35.5. The summed E-state index contributed by atoms with van der Waals surface area (Å²) in [5.41, 5.74) is 2.48. The molecule has 4 heteroatoms. The van der Waals surface area contributed by atoms with Crippen molar-refractivity contribution in [2.24, 2.45) is 0 Å². The van der Waals surface area contributed by atoms with Crippen molar-refractivity contribution in [2.75, 3.05) is 34.3 Å². The van der Waals surface area contributed by atoms with Gasteiger partial charge in [-0.3, -0.25) is 0 Å². The molecular weight excluding hydrogens is 236 g/mol. The van der Waals surface area contributed by atoms with Crippen molar-refractivity contribution in [1.82, 2.24) is 10.2 Å². The SMILES string of the molecule is CNCCN(C)Cc1ccc(C)c(OC)c1.Cl. The predicted octanol–water partition coefficient (Wildman–Crippen LogP) is 2.08. The molecule has 0 aromatic heterocycles. The van der Waals surface area contributed by atoms with Gasteiger partial charge in [-0.25, -0.2) is 0 Å². The average molecular weight is 259 g/mol. The molecule has 3 nitrogen and oxygen atoms in total. The summed E-state index contributed by atoms with van der Waals surface area (Å²) in [6, 6.07) is 6.39. The molecule has 0 amide bonds. The second-order valence-electron chi connectivity index (χ2n) is 4.15. The lowest BCUT2D eigenvalue weighted by Crippen LogP contribution is -2.26. The van der Waals surface area contributed by atoms with Gasteiger partial charge in [0.25, 0.3) is 0 Å². The number of ether oxygens (including phenoxy) is 1. The number of nitrogens with zero attached hydrogens (tertiary/aromatic N) is 1. The Bertz CT molecular complexity index is 331. The number of benzene rings is 1. The molecule has 1 aromatic rings. The summed E-state index contributed by atoms with van der Waals surface area (Å²) < 4.78 is 5.32. The summed E-state index contributed by atoms with van der Waals surface area (Å²) in [5, 5.41) is 3.15. The minimum Gasteiger partial charge on any atom is -0.496 e. The molecule has 0 saturated carbocycles. The first-order valence-electron chi connectivity index (χ1n) is 5.64. The van der Waals surface area contributed by atoms with E-state index in [0.29, 0.717) is 0 Å². The van der Waals surface area contributed by atoms with Crippen LogP contribution in [0.25, 0.3) is 0 Å². The second kappa shape index (κ2) is 8.34. The Hall–Kier alpha value is -0.770. The Labute approximate surface area is 111 Å². The van der Waals surface area contributed by atoms with Crippen LogP contribution >= 0.6 is 12.4 Å². The number of hydrogen-bond donors (Lipinski definition) is 1. The zero-order valence-electron chi connectivity index (χ0n) is 11.1. The fraction of sp³-hybridized carbons (Fsp3) is 0.538. The van der Waals surface area contributed by atoms with E-state index in [1.54, 1.807) is 7.11 Å². The lowest BCUT2D eigenvalue weighted by molar-refractivity contribution is 0.327. The number of aryl methyl sites for hydroxylation is 1. The molecule has 0 fully saturated rings. The van der Waals surface area contributed by atoms with Crippen LogP contribution in [-0.2, 0) is 6.54 Å². The van der Waals surface area contributed by atoms with Gasteiger partial charge in [-0.2, -0.15) is 0 Å². The molecule has 0 heterocycles. The van der Waals surface area contributed by atoms with E-state index in [4.69, 9.17) is 4.74 Å². The smallest absolute Gasteiger partial charge is 0.122 e. The van der Waals surface area contributed by atoms with Gasteiger partial charge in [0, 0.05) is 19.6 Å². The maximum Gasteiger partial charge on any atom is 0.122 e. The molecule has 0 aliphatic rings. The zero-order valence-corrected chi connectivity index (χ0v) is 11.9. The Balaban J connectivity index is 0.00000256. The van der Waals surface area contributed by atoms with Crippen LogP contribution in [0.15, 0.2) is 18.2 Å². The Morgan fingerprint density at radius 1 is 1.35 bits per heavy atom. The lowest BCUT2D eigenvalue weighted by atomic mass is 10.1. The highest BCUT2D eigenvalue weighted by Crippen LogP contribution is 2.19. The maximum atomic E-state index is 5.32. The van der Waals surface area contributed by atoms with E-state index in [-0.39, 0.29) is 12.4 Å². The van der Waals surface area contributed by atoms with Crippen molar-refractivity contribution >= 4 is 12.4 Å². The highest BCUT2D eigenvalue weighted by molar-refractivity contribution is 5.85. The van der Waals surface area contributed by atoms with Gasteiger partial charge in [0.05, 0.1) is 7.11 Å². The monoisotopic (exact) mass is 258 g/mol. The number of methoxy groups -OCH3 is 1. The Kier molecular flexibility index (Phi) is 7.96. The Morgan fingerprint density at radius 3 is 2.65 bits per heavy atom. The van der Waals surface area contributed by atoms with Crippen LogP contribution in [0.2, 0.25) is 0 Å². The summed E-state index contributed by atoms with van der Waals surface area (Å²) >= 11 is 0. The van der Waals surface area contributed by atoms with Crippen molar-refractivity contribution in [1.29, 1.82) is 0 Å². The highest BCUT2D eigenvalue weighted by Gasteiger charge is 2.03. The van der Waals surface area contributed by atoms with Crippen molar-refractivity contribution in [2.45, 2.75) is 13.5 Å². The Morgan fingerprint density at radius 2 is 2.06 bits per heavy atom. The lowest BCUT2D eigenvalue weighted by Gasteiger charge is -2.17.